The van der Waals surface area contributed by atoms with Crippen LogP contribution in [0.15, 0.2) is 30.3 Å². The van der Waals surface area contributed by atoms with Crippen LogP contribution in [0.2, 0.25) is 0 Å². The number of carboxylic acid groups (broad SMARTS) is 1. The fourth-order valence-corrected chi connectivity index (χ4v) is 2.07. The lowest BCUT2D eigenvalue weighted by Gasteiger charge is -2.05. The first kappa shape index (κ1) is 15.5. The molecule has 0 spiro atoms. The summed E-state index contributed by atoms with van der Waals surface area (Å²) in [5.41, 5.74) is 2.67. The van der Waals surface area contributed by atoms with Crippen LogP contribution in [0.4, 0.5) is 0 Å². The topological polar surface area (TPSA) is 37.3 Å². The lowest BCUT2D eigenvalue weighted by atomic mass is 10.0. The predicted molar refractivity (Wildman–Crippen MR) is 80.2 cm³/mol. The molecule has 0 radical (unpaired) electrons. The molecule has 0 saturated carbocycles. The molecule has 1 aromatic rings. The molecule has 2 nitrogen and oxygen atoms in total. The smallest absolute Gasteiger partial charge is 0.303 e. The van der Waals surface area contributed by atoms with Crippen LogP contribution in [0, 0.1) is 0 Å². The van der Waals surface area contributed by atoms with E-state index >= 15 is 0 Å². The molecule has 0 saturated heterocycles. The molecule has 0 aromatic heterocycles. The van der Waals surface area contributed by atoms with Crippen LogP contribution in [-0.4, -0.2) is 11.1 Å². The molecule has 0 bridgehead atoms. The zero-order chi connectivity index (χ0) is 13.9. The van der Waals surface area contributed by atoms with Crippen molar-refractivity contribution in [2.45, 2.75) is 51.9 Å². The zero-order valence-corrected chi connectivity index (χ0v) is 11.8. The summed E-state index contributed by atoms with van der Waals surface area (Å²) in [7, 11) is 0. The van der Waals surface area contributed by atoms with Crippen molar-refractivity contribution in [2.75, 3.05) is 0 Å². The largest absolute Gasteiger partial charge is 0.481 e. The van der Waals surface area contributed by atoms with Crippen LogP contribution in [0.1, 0.15) is 56.6 Å². The number of carboxylic acids is 1. The summed E-state index contributed by atoms with van der Waals surface area (Å²) in [4.78, 5) is 10.4. The molecule has 0 aliphatic rings. The van der Waals surface area contributed by atoms with E-state index in [1.807, 2.05) is 0 Å². The Hall–Kier alpha value is -1.57. The van der Waals surface area contributed by atoms with E-state index in [0.717, 1.165) is 12.8 Å². The van der Waals surface area contributed by atoms with E-state index in [0.29, 0.717) is 6.42 Å². The number of benzene rings is 1. The van der Waals surface area contributed by atoms with E-state index < -0.39 is 5.97 Å². The quantitative estimate of drug-likeness (QED) is 0.654. The van der Waals surface area contributed by atoms with Gasteiger partial charge in [-0.3, -0.25) is 4.79 Å². The summed E-state index contributed by atoms with van der Waals surface area (Å²) in [6.45, 7) is 2.22. The Balaban J connectivity index is 2.47. The second-order valence-electron chi connectivity index (χ2n) is 4.84. The van der Waals surface area contributed by atoms with Crippen molar-refractivity contribution in [1.29, 1.82) is 0 Å². The first-order valence-corrected chi connectivity index (χ1v) is 7.20. The Labute approximate surface area is 116 Å². The lowest BCUT2D eigenvalue weighted by Crippen LogP contribution is -1.92. The monoisotopic (exact) mass is 260 g/mol. The van der Waals surface area contributed by atoms with Crippen molar-refractivity contribution in [3.63, 3.8) is 0 Å². The SMILES string of the molecule is CCCCCc1ccccc1/C=C/CCCC(=O)O. The molecular formula is C17H24O2. The third kappa shape index (κ3) is 6.80. The van der Waals surface area contributed by atoms with Crippen molar-refractivity contribution in [3.8, 4) is 0 Å². The van der Waals surface area contributed by atoms with Gasteiger partial charge >= 0.3 is 5.97 Å². The van der Waals surface area contributed by atoms with Gasteiger partial charge in [0.05, 0.1) is 0 Å². The molecule has 19 heavy (non-hydrogen) atoms. The molecule has 0 aliphatic carbocycles. The minimum Gasteiger partial charge on any atom is -0.481 e. The van der Waals surface area contributed by atoms with Gasteiger partial charge in [-0.25, -0.2) is 0 Å². The van der Waals surface area contributed by atoms with Gasteiger partial charge in [0.2, 0.25) is 0 Å². The van der Waals surface area contributed by atoms with Gasteiger partial charge in [0.1, 0.15) is 0 Å². The number of rotatable bonds is 9. The number of hydrogen-bond acceptors (Lipinski definition) is 1. The van der Waals surface area contributed by atoms with Crippen molar-refractivity contribution >= 4 is 12.0 Å². The summed E-state index contributed by atoms with van der Waals surface area (Å²) in [6, 6.07) is 8.46. The molecule has 1 rings (SSSR count). The van der Waals surface area contributed by atoms with Crippen LogP contribution >= 0.6 is 0 Å². The van der Waals surface area contributed by atoms with Crippen molar-refractivity contribution in [2.24, 2.45) is 0 Å². The number of aliphatic carboxylic acids is 1. The molecule has 2 heteroatoms. The molecule has 0 heterocycles. The summed E-state index contributed by atoms with van der Waals surface area (Å²) in [5, 5.41) is 8.57. The van der Waals surface area contributed by atoms with Gasteiger partial charge in [-0.1, -0.05) is 56.2 Å². The fraction of sp³-hybridized carbons (Fsp3) is 0.471. The number of unbranched alkanes of at least 4 members (excludes halogenated alkanes) is 3. The Bertz CT molecular complexity index is 407. The normalized spacial score (nSPS) is 11.0. The van der Waals surface area contributed by atoms with E-state index in [-0.39, 0.29) is 6.42 Å². The Kier molecular flexibility index (Phi) is 7.64. The Morgan fingerprint density at radius 2 is 2.00 bits per heavy atom. The van der Waals surface area contributed by atoms with Crippen LogP contribution in [-0.2, 0) is 11.2 Å². The van der Waals surface area contributed by atoms with Gasteiger partial charge in [-0.05, 0) is 36.8 Å². The Morgan fingerprint density at radius 1 is 1.21 bits per heavy atom. The summed E-state index contributed by atoms with van der Waals surface area (Å²) >= 11 is 0. The molecule has 0 fully saturated rings. The van der Waals surface area contributed by atoms with Crippen LogP contribution in [0.3, 0.4) is 0 Å². The standard InChI is InChI=1S/C17H24O2/c1-2-3-5-10-15-12-8-9-13-16(15)11-6-4-7-14-17(18)19/h6,8-9,11-13H,2-5,7,10,14H2,1H3,(H,18,19)/b11-6+. The van der Waals surface area contributed by atoms with Gasteiger partial charge in [0.25, 0.3) is 0 Å². The van der Waals surface area contributed by atoms with Gasteiger partial charge in [0.15, 0.2) is 0 Å². The summed E-state index contributed by atoms with van der Waals surface area (Å²) in [5.74, 6) is -0.714. The predicted octanol–water partition coefficient (Wildman–Crippen LogP) is 4.69. The van der Waals surface area contributed by atoms with E-state index in [9.17, 15) is 4.79 Å². The average molecular weight is 260 g/mol. The van der Waals surface area contributed by atoms with Crippen LogP contribution < -0.4 is 0 Å². The number of carbonyl (C=O) groups is 1. The highest BCUT2D eigenvalue weighted by atomic mass is 16.4. The maximum absolute atomic E-state index is 10.4. The minimum atomic E-state index is -0.714. The Morgan fingerprint density at radius 3 is 2.74 bits per heavy atom. The van der Waals surface area contributed by atoms with E-state index in [2.05, 4.69) is 43.3 Å². The third-order valence-corrected chi connectivity index (χ3v) is 3.16. The van der Waals surface area contributed by atoms with Gasteiger partial charge in [0, 0.05) is 6.42 Å². The second kappa shape index (κ2) is 9.37. The highest BCUT2D eigenvalue weighted by Gasteiger charge is 1.98. The number of aryl methyl sites for hydroxylation is 1. The van der Waals surface area contributed by atoms with Gasteiger partial charge in [-0.2, -0.15) is 0 Å². The number of hydrogen-bond donors (Lipinski definition) is 1. The molecule has 0 aliphatic heterocycles. The molecule has 0 unspecified atom stereocenters. The van der Waals surface area contributed by atoms with Gasteiger partial charge in [-0.15, -0.1) is 0 Å². The third-order valence-electron chi connectivity index (χ3n) is 3.16. The molecule has 0 atom stereocenters. The van der Waals surface area contributed by atoms with Crippen molar-refractivity contribution < 1.29 is 9.90 Å². The highest BCUT2D eigenvalue weighted by Crippen LogP contribution is 2.15. The van der Waals surface area contributed by atoms with Crippen LogP contribution in [0.5, 0.6) is 0 Å². The molecule has 0 amide bonds. The minimum absolute atomic E-state index is 0.252. The van der Waals surface area contributed by atoms with E-state index in [1.165, 1.54) is 30.4 Å². The lowest BCUT2D eigenvalue weighted by molar-refractivity contribution is -0.137. The molecule has 1 N–H and O–H groups in total. The van der Waals surface area contributed by atoms with E-state index in [1.54, 1.807) is 0 Å². The van der Waals surface area contributed by atoms with Crippen molar-refractivity contribution in [3.05, 3.63) is 41.5 Å². The maximum Gasteiger partial charge on any atom is 0.303 e. The van der Waals surface area contributed by atoms with Crippen molar-refractivity contribution in [1.82, 2.24) is 0 Å². The van der Waals surface area contributed by atoms with Crippen LogP contribution in [0.25, 0.3) is 6.08 Å². The molecule has 104 valence electrons. The summed E-state index contributed by atoms with van der Waals surface area (Å²) in [6.07, 6.45) is 10.9. The molecular weight excluding hydrogens is 236 g/mol. The fourth-order valence-electron chi connectivity index (χ4n) is 2.07. The first-order chi connectivity index (χ1) is 9.24. The number of allylic oxidation sites excluding steroid dienone is 1. The summed E-state index contributed by atoms with van der Waals surface area (Å²) < 4.78 is 0. The molecule has 1 aromatic carbocycles. The van der Waals surface area contributed by atoms with E-state index in [4.69, 9.17) is 5.11 Å². The second-order valence-corrected chi connectivity index (χ2v) is 4.84. The maximum atomic E-state index is 10.4. The van der Waals surface area contributed by atoms with Gasteiger partial charge < -0.3 is 5.11 Å². The first-order valence-electron chi connectivity index (χ1n) is 7.20. The zero-order valence-electron chi connectivity index (χ0n) is 11.8. The highest BCUT2D eigenvalue weighted by molar-refractivity contribution is 5.66. The average Bonchev–Trinajstić information content (AvgIpc) is 2.40.